The van der Waals surface area contributed by atoms with Crippen molar-refractivity contribution in [3.63, 3.8) is 0 Å². The molecular formula is C17H22N+. The smallest absolute Gasteiger partial charge is 0.201 e. The van der Waals surface area contributed by atoms with Crippen LogP contribution in [-0.2, 0) is 7.05 Å². The molecule has 0 fully saturated rings. The summed E-state index contributed by atoms with van der Waals surface area (Å²) in [4.78, 5) is 0. The number of hydrogen-bond acceptors (Lipinski definition) is 0. The van der Waals surface area contributed by atoms with E-state index in [9.17, 15) is 0 Å². The predicted molar refractivity (Wildman–Crippen MR) is 76.7 cm³/mol. The summed E-state index contributed by atoms with van der Waals surface area (Å²) in [5.41, 5.74) is -0.386. The lowest BCUT2D eigenvalue weighted by Crippen LogP contribution is -2.31. The van der Waals surface area contributed by atoms with Crippen molar-refractivity contribution < 1.29 is 21.0 Å². The van der Waals surface area contributed by atoms with Gasteiger partial charge in [-0.15, -0.1) is 0 Å². The Bertz CT molecular complexity index is 882. The quantitative estimate of drug-likeness (QED) is 0.681. The molecule has 2 rings (SSSR count). The summed E-state index contributed by atoms with van der Waals surface area (Å²) >= 11 is 0. The van der Waals surface area contributed by atoms with E-state index in [1.165, 1.54) is 36.0 Å². The fourth-order valence-corrected chi connectivity index (χ4v) is 1.90. The Hall–Kier alpha value is -1.63. The molecule has 1 aromatic heterocycles. The van der Waals surface area contributed by atoms with Gasteiger partial charge in [0.05, 0.1) is 0 Å². The van der Waals surface area contributed by atoms with Crippen molar-refractivity contribution in [1.82, 2.24) is 0 Å². The highest BCUT2D eigenvalue weighted by atomic mass is 14.9. The van der Waals surface area contributed by atoms with Gasteiger partial charge in [-0.2, -0.15) is 0 Å². The Balaban J connectivity index is 2.91. The highest BCUT2D eigenvalue weighted by Crippen LogP contribution is 2.25. The van der Waals surface area contributed by atoms with E-state index in [1.54, 1.807) is 6.92 Å². The Kier molecular flexibility index (Phi) is 1.14. The fraction of sp³-hybridized carbons (Fsp3) is 0.353. The van der Waals surface area contributed by atoms with Gasteiger partial charge in [0, 0.05) is 33.6 Å². The predicted octanol–water partition coefficient (Wildman–Crippen LogP) is 3.72. The van der Waals surface area contributed by atoms with Gasteiger partial charge in [0.1, 0.15) is 7.05 Å². The second kappa shape index (κ2) is 4.56. The largest absolute Gasteiger partial charge is 0.212 e. The fourth-order valence-electron chi connectivity index (χ4n) is 1.90. The molecule has 2 aromatic rings. The number of pyridine rings is 1. The normalized spacial score (nSPS) is 23.4. The van der Waals surface area contributed by atoms with E-state index >= 15 is 0 Å². The highest BCUT2D eigenvalue weighted by molar-refractivity contribution is 5.63. The van der Waals surface area contributed by atoms with Gasteiger partial charge in [0.2, 0.25) is 5.69 Å². The second-order valence-corrected chi connectivity index (χ2v) is 4.31. The Labute approximate surface area is 127 Å². The van der Waals surface area contributed by atoms with Gasteiger partial charge < -0.3 is 0 Å². The number of rotatable bonds is 1. The van der Waals surface area contributed by atoms with Crippen molar-refractivity contribution in [1.29, 1.82) is 0 Å². The molecule has 18 heavy (non-hydrogen) atoms. The molecule has 1 nitrogen and oxygen atoms in total. The molecule has 0 radical (unpaired) electrons. The molecular weight excluding hydrogens is 218 g/mol. The topological polar surface area (TPSA) is 3.88 Å². The van der Waals surface area contributed by atoms with E-state index in [2.05, 4.69) is 0 Å². The molecule has 0 bridgehead atoms. The van der Waals surface area contributed by atoms with Gasteiger partial charge in [-0.25, -0.2) is 4.57 Å². The average molecular weight is 252 g/mol. The average Bonchev–Trinajstić information content (AvgIpc) is 2.50. The van der Waals surface area contributed by atoms with Gasteiger partial charge in [-0.3, -0.25) is 0 Å². The minimum Gasteiger partial charge on any atom is -0.201 e. The van der Waals surface area contributed by atoms with Crippen molar-refractivity contribution in [2.75, 3.05) is 0 Å². The zero-order valence-electron chi connectivity index (χ0n) is 22.3. The third kappa shape index (κ3) is 2.17. The molecule has 0 N–H and O–H groups in total. The first-order valence-electron chi connectivity index (χ1n) is 11.4. The maximum absolute atomic E-state index is 7.75. The SMILES string of the molecule is [2H]C([2H])([2H])c1cc(C)c(-c2cc(C([2H])([2H])[2H])c(C([2H])([2H])[2H])c[n+]2C)cc1C([2H])([2H])[2H]. The van der Waals surface area contributed by atoms with Crippen molar-refractivity contribution in [3.8, 4) is 11.3 Å². The molecule has 94 valence electrons. The molecule has 0 atom stereocenters. The molecule has 0 aliphatic carbocycles. The summed E-state index contributed by atoms with van der Waals surface area (Å²) in [6.45, 7) is -9.16. The molecule has 0 amide bonds. The maximum atomic E-state index is 7.75. The van der Waals surface area contributed by atoms with E-state index in [-0.39, 0.29) is 27.9 Å². The van der Waals surface area contributed by atoms with Gasteiger partial charge in [0.15, 0.2) is 6.20 Å². The van der Waals surface area contributed by atoms with Gasteiger partial charge in [0.25, 0.3) is 0 Å². The summed E-state index contributed by atoms with van der Waals surface area (Å²) in [6.07, 6.45) is 1.19. The second-order valence-electron chi connectivity index (χ2n) is 4.31. The van der Waals surface area contributed by atoms with Crippen LogP contribution in [0.3, 0.4) is 0 Å². The minimum absolute atomic E-state index is 0.259. The summed E-state index contributed by atoms with van der Waals surface area (Å²) in [7, 11) is 1.51. The number of benzene rings is 1. The Morgan fingerprint density at radius 2 is 1.44 bits per heavy atom. The molecule has 0 aliphatic heterocycles. The molecule has 0 aliphatic rings. The molecule has 0 saturated heterocycles. The van der Waals surface area contributed by atoms with Crippen LogP contribution in [0.5, 0.6) is 0 Å². The van der Waals surface area contributed by atoms with E-state index in [4.69, 9.17) is 16.4 Å². The van der Waals surface area contributed by atoms with Crippen LogP contribution in [-0.4, -0.2) is 0 Å². The lowest BCUT2D eigenvalue weighted by Gasteiger charge is -2.10. The molecule has 1 heteroatoms. The van der Waals surface area contributed by atoms with E-state index in [0.29, 0.717) is 11.1 Å². The van der Waals surface area contributed by atoms with Crippen LogP contribution in [0.2, 0.25) is 0 Å². The lowest BCUT2D eigenvalue weighted by atomic mass is 9.97. The summed E-state index contributed by atoms with van der Waals surface area (Å²) < 4.78 is 93.8. The molecule has 1 heterocycles. The van der Waals surface area contributed by atoms with Crippen LogP contribution >= 0.6 is 0 Å². The molecule has 1 aromatic carbocycles. The Morgan fingerprint density at radius 3 is 2.11 bits per heavy atom. The molecule has 0 spiro atoms. The van der Waals surface area contributed by atoms with E-state index < -0.39 is 27.4 Å². The van der Waals surface area contributed by atoms with Crippen molar-refractivity contribution in [3.05, 3.63) is 52.2 Å². The van der Waals surface area contributed by atoms with Crippen LogP contribution in [0.4, 0.5) is 0 Å². The first-order valence-corrected chi connectivity index (χ1v) is 5.45. The van der Waals surface area contributed by atoms with Crippen molar-refractivity contribution in [2.24, 2.45) is 7.05 Å². The molecule has 0 unspecified atom stereocenters. The summed E-state index contributed by atoms with van der Waals surface area (Å²) in [6, 6.07) is 3.68. The lowest BCUT2D eigenvalue weighted by molar-refractivity contribution is -0.660. The van der Waals surface area contributed by atoms with Crippen molar-refractivity contribution in [2.45, 2.75) is 34.3 Å². The van der Waals surface area contributed by atoms with E-state index in [1.807, 2.05) is 0 Å². The third-order valence-electron chi connectivity index (χ3n) is 2.91. The highest BCUT2D eigenvalue weighted by Gasteiger charge is 2.15. The summed E-state index contributed by atoms with van der Waals surface area (Å²) in [5.74, 6) is 0. The van der Waals surface area contributed by atoms with Gasteiger partial charge in [-0.1, -0.05) is 6.07 Å². The summed E-state index contributed by atoms with van der Waals surface area (Å²) in [5, 5.41) is 0. The maximum Gasteiger partial charge on any atom is 0.212 e. The van der Waals surface area contributed by atoms with Crippen LogP contribution in [0, 0.1) is 34.3 Å². The van der Waals surface area contributed by atoms with Crippen molar-refractivity contribution >= 4 is 0 Å². The zero-order chi connectivity index (χ0) is 23.4. The number of aromatic nitrogens is 1. The van der Waals surface area contributed by atoms with Crippen LogP contribution < -0.4 is 4.57 Å². The zero-order valence-corrected chi connectivity index (χ0v) is 10.3. The van der Waals surface area contributed by atoms with Gasteiger partial charge in [-0.05, 0) is 62.7 Å². The standard InChI is InChI=1S/C17H22N/c1-11-7-14(4)16(8-12(11)2)17-9-13(3)15(5)10-18(17)6/h7-10H,1-6H3/q+1/i1D3,2D3,3D3,5D3. The molecule has 0 saturated carbocycles. The third-order valence-corrected chi connectivity index (χ3v) is 2.91. The monoisotopic (exact) mass is 252 g/mol. The number of aryl methyl sites for hydroxylation is 6. The first kappa shape index (κ1) is 4.48. The van der Waals surface area contributed by atoms with E-state index in [0.717, 1.165) is 0 Å². The van der Waals surface area contributed by atoms with Gasteiger partial charge >= 0.3 is 0 Å². The minimum atomic E-state index is -2.72. The van der Waals surface area contributed by atoms with Crippen LogP contribution in [0.1, 0.15) is 44.3 Å². The first-order chi connectivity index (χ1) is 13.2. The number of hydrogen-bond donors (Lipinski definition) is 0. The van der Waals surface area contributed by atoms with Crippen LogP contribution in [0.25, 0.3) is 11.3 Å². The number of nitrogens with zero attached hydrogens (tertiary/aromatic N) is 1. The Morgan fingerprint density at radius 1 is 0.833 bits per heavy atom. The van der Waals surface area contributed by atoms with Crippen LogP contribution in [0.15, 0.2) is 24.4 Å².